The van der Waals surface area contributed by atoms with Crippen molar-refractivity contribution in [1.82, 2.24) is 0 Å². The third kappa shape index (κ3) is 3.18. The smallest absolute Gasteiger partial charge is 0.335 e. The van der Waals surface area contributed by atoms with Gasteiger partial charge in [0, 0.05) is 16.1 Å². The lowest BCUT2D eigenvalue weighted by atomic mass is 9.96. The van der Waals surface area contributed by atoms with E-state index in [0.717, 1.165) is 0 Å². The van der Waals surface area contributed by atoms with Crippen LogP contribution in [0.4, 0.5) is 0 Å². The molecule has 0 aliphatic heterocycles. The van der Waals surface area contributed by atoms with E-state index in [4.69, 9.17) is 16.7 Å². The fraction of sp³-hybridized carbons (Fsp3) is 0.0667. The van der Waals surface area contributed by atoms with Gasteiger partial charge >= 0.3 is 5.97 Å². The van der Waals surface area contributed by atoms with E-state index < -0.39 is 5.97 Å². The highest BCUT2D eigenvalue weighted by Crippen LogP contribution is 2.19. The summed E-state index contributed by atoms with van der Waals surface area (Å²) in [7, 11) is 0. The summed E-state index contributed by atoms with van der Waals surface area (Å²) in [5.74, 6) is -1.25. The van der Waals surface area contributed by atoms with Crippen LogP contribution in [-0.4, -0.2) is 16.9 Å². The summed E-state index contributed by atoms with van der Waals surface area (Å²) >= 11 is 5.77. The first-order chi connectivity index (χ1) is 9.00. The number of carbonyl (C=O) groups excluding carboxylic acids is 1. The molecule has 20 heavy (non-hydrogen) atoms. The van der Waals surface area contributed by atoms with Gasteiger partial charge in [0.2, 0.25) is 0 Å². The van der Waals surface area contributed by atoms with Crippen molar-refractivity contribution in [2.45, 2.75) is 6.92 Å². The quantitative estimate of drug-likeness (QED) is 0.872. The first-order valence-electron chi connectivity index (χ1n) is 5.64. The van der Waals surface area contributed by atoms with Gasteiger partial charge in [-0.2, -0.15) is 0 Å². The van der Waals surface area contributed by atoms with E-state index in [2.05, 4.69) is 0 Å². The zero-order chi connectivity index (χ0) is 14.0. The molecule has 2 aromatic carbocycles. The van der Waals surface area contributed by atoms with Crippen molar-refractivity contribution in [3.05, 3.63) is 69.7 Å². The molecule has 0 heterocycles. The highest BCUT2D eigenvalue weighted by molar-refractivity contribution is 6.30. The number of carboxylic acid groups (broad SMARTS) is 1. The number of ketones is 1. The summed E-state index contributed by atoms with van der Waals surface area (Å²) in [6.45, 7) is 1.63. The molecular weight excluding hydrogens is 299 g/mol. The zero-order valence-electron chi connectivity index (χ0n) is 10.6. The number of hydrogen-bond donors (Lipinski definition) is 1. The average Bonchev–Trinajstić information content (AvgIpc) is 2.38. The van der Waals surface area contributed by atoms with Crippen LogP contribution in [0.25, 0.3) is 0 Å². The van der Waals surface area contributed by atoms with Gasteiger partial charge in [0.1, 0.15) is 0 Å². The predicted octanol–water partition coefficient (Wildman–Crippen LogP) is 4.00. The van der Waals surface area contributed by atoms with Crippen molar-refractivity contribution in [3.8, 4) is 0 Å². The van der Waals surface area contributed by atoms with E-state index in [1.54, 1.807) is 43.3 Å². The van der Waals surface area contributed by atoms with Crippen molar-refractivity contribution in [1.29, 1.82) is 0 Å². The third-order valence-electron chi connectivity index (χ3n) is 2.92. The van der Waals surface area contributed by atoms with Gasteiger partial charge in [0.25, 0.3) is 0 Å². The summed E-state index contributed by atoms with van der Waals surface area (Å²) in [5.41, 5.74) is 1.48. The maximum absolute atomic E-state index is 12.3. The second-order valence-corrected chi connectivity index (χ2v) is 4.56. The average molecular weight is 311 g/mol. The number of hydrogen-bond acceptors (Lipinski definition) is 2. The third-order valence-corrected chi connectivity index (χ3v) is 3.17. The molecule has 0 unspecified atom stereocenters. The molecule has 3 nitrogen and oxygen atoms in total. The molecule has 0 spiro atoms. The van der Waals surface area contributed by atoms with Gasteiger partial charge in [-0.05, 0) is 42.8 Å². The second kappa shape index (κ2) is 6.55. The van der Waals surface area contributed by atoms with Gasteiger partial charge in [0.15, 0.2) is 5.78 Å². The lowest BCUT2D eigenvalue weighted by Gasteiger charge is -2.08. The van der Waals surface area contributed by atoms with E-state index >= 15 is 0 Å². The molecular formula is C15H12Cl2O3. The number of rotatable bonds is 3. The Morgan fingerprint density at radius 3 is 2.10 bits per heavy atom. The summed E-state index contributed by atoms with van der Waals surface area (Å²) < 4.78 is 0. The minimum atomic E-state index is -1.04. The molecule has 5 heteroatoms. The van der Waals surface area contributed by atoms with Crippen LogP contribution in [0.15, 0.2) is 42.5 Å². The number of halogens is 2. The molecule has 0 saturated carbocycles. The highest BCUT2D eigenvalue weighted by atomic mass is 35.5. The maximum Gasteiger partial charge on any atom is 0.335 e. The Bertz CT molecular complexity index is 649. The Balaban J connectivity index is 0.00000200. The van der Waals surface area contributed by atoms with Gasteiger partial charge in [-0.3, -0.25) is 4.79 Å². The minimum Gasteiger partial charge on any atom is -0.478 e. The van der Waals surface area contributed by atoms with Crippen LogP contribution in [0.1, 0.15) is 31.8 Å². The monoisotopic (exact) mass is 310 g/mol. The van der Waals surface area contributed by atoms with E-state index in [1.165, 1.54) is 6.07 Å². The van der Waals surface area contributed by atoms with Crippen LogP contribution in [-0.2, 0) is 0 Å². The number of carboxylic acids is 1. The van der Waals surface area contributed by atoms with E-state index in [-0.39, 0.29) is 23.8 Å². The molecule has 0 fully saturated rings. The number of aromatic carboxylic acids is 1. The Morgan fingerprint density at radius 2 is 1.55 bits per heavy atom. The second-order valence-electron chi connectivity index (χ2n) is 4.12. The first kappa shape index (κ1) is 16.2. The summed E-state index contributed by atoms with van der Waals surface area (Å²) in [5, 5.41) is 9.60. The van der Waals surface area contributed by atoms with Crippen LogP contribution >= 0.6 is 24.0 Å². The molecule has 0 aliphatic rings. The standard InChI is InChI=1S/C15H11ClO3.ClH/c1-9-12(3-2-4-13(9)15(18)19)14(17)10-5-7-11(16)8-6-10;/h2-8H,1H3,(H,18,19);1H. The SMILES string of the molecule is Cc1c(C(=O)O)cccc1C(=O)c1ccc(Cl)cc1.Cl. The minimum absolute atomic E-state index is 0. The van der Waals surface area contributed by atoms with Gasteiger partial charge in [-0.25, -0.2) is 4.79 Å². The van der Waals surface area contributed by atoms with Crippen LogP contribution in [0, 0.1) is 6.92 Å². The summed E-state index contributed by atoms with van der Waals surface area (Å²) in [6, 6.07) is 11.2. The van der Waals surface area contributed by atoms with Gasteiger partial charge in [-0.15, -0.1) is 12.4 Å². The van der Waals surface area contributed by atoms with Crippen LogP contribution < -0.4 is 0 Å². The highest BCUT2D eigenvalue weighted by Gasteiger charge is 2.16. The van der Waals surface area contributed by atoms with Gasteiger partial charge in [0.05, 0.1) is 5.56 Å². The summed E-state index contributed by atoms with van der Waals surface area (Å²) in [6.07, 6.45) is 0. The molecule has 1 N–H and O–H groups in total. The molecule has 2 aromatic rings. The molecule has 0 radical (unpaired) electrons. The van der Waals surface area contributed by atoms with Crippen LogP contribution in [0.3, 0.4) is 0 Å². The largest absolute Gasteiger partial charge is 0.478 e. The van der Waals surface area contributed by atoms with Crippen LogP contribution in [0.2, 0.25) is 5.02 Å². The molecule has 0 saturated heterocycles. The fourth-order valence-electron chi connectivity index (χ4n) is 1.87. The van der Waals surface area contributed by atoms with Gasteiger partial charge < -0.3 is 5.11 Å². The molecule has 0 atom stereocenters. The van der Waals surface area contributed by atoms with Gasteiger partial charge in [-0.1, -0.05) is 23.7 Å². The molecule has 0 aliphatic carbocycles. The Kier molecular flexibility index (Phi) is 5.31. The molecule has 0 aromatic heterocycles. The molecule has 0 amide bonds. The maximum atomic E-state index is 12.3. The topological polar surface area (TPSA) is 54.4 Å². The Morgan fingerprint density at radius 1 is 1.00 bits per heavy atom. The van der Waals surface area contributed by atoms with E-state index in [1.807, 2.05) is 0 Å². The zero-order valence-corrected chi connectivity index (χ0v) is 12.2. The van der Waals surface area contributed by atoms with Crippen LogP contribution in [0.5, 0.6) is 0 Å². The molecule has 104 valence electrons. The lowest BCUT2D eigenvalue weighted by molar-refractivity contribution is 0.0696. The normalized spacial score (nSPS) is 9.70. The molecule has 2 rings (SSSR count). The first-order valence-corrected chi connectivity index (χ1v) is 6.01. The number of benzene rings is 2. The summed E-state index contributed by atoms with van der Waals surface area (Å²) in [4.78, 5) is 23.4. The van der Waals surface area contributed by atoms with E-state index in [0.29, 0.717) is 21.7 Å². The van der Waals surface area contributed by atoms with Crippen molar-refractivity contribution in [3.63, 3.8) is 0 Å². The Hall–Kier alpha value is -1.84. The number of carbonyl (C=O) groups is 2. The van der Waals surface area contributed by atoms with Crippen molar-refractivity contribution in [2.75, 3.05) is 0 Å². The van der Waals surface area contributed by atoms with Crippen molar-refractivity contribution >= 4 is 35.8 Å². The van der Waals surface area contributed by atoms with Crippen molar-refractivity contribution < 1.29 is 14.7 Å². The predicted molar refractivity (Wildman–Crippen MR) is 80.3 cm³/mol. The fourth-order valence-corrected chi connectivity index (χ4v) is 2.00. The van der Waals surface area contributed by atoms with E-state index in [9.17, 15) is 9.59 Å². The molecule has 0 bridgehead atoms. The van der Waals surface area contributed by atoms with Crippen molar-refractivity contribution in [2.24, 2.45) is 0 Å². The lowest BCUT2D eigenvalue weighted by Crippen LogP contribution is -2.08. The Labute approximate surface area is 127 Å².